The molecular formula is C25H26BrF. The highest BCUT2D eigenvalue weighted by atomic mass is 79.9. The smallest absolute Gasteiger partial charge is 0.138 e. The van der Waals surface area contributed by atoms with Crippen molar-refractivity contribution < 1.29 is 4.39 Å². The van der Waals surface area contributed by atoms with E-state index in [4.69, 9.17) is 0 Å². The Kier molecular flexibility index (Phi) is 7.30. The second-order valence-electron chi connectivity index (χ2n) is 7.36. The normalized spacial score (nSPS) is 19.7. The summed E-state index contributed by atoms with van der Waals surface area (Å²) in [6, 6.07) is 13.6. The highest BCUT2D eigenvalue weighted by molar-refractivity contribution is 9.10. The second kappa shape index (κ2) is 9.90. The van der Waals surface area contributed by atoms with E-state index in [1.807, 2.05) is 6.07 Å². The third-order valence-corrected chi connectivity index (χ3v) is 6.12. The molecule has 27 heavy (non-hydrogen) atoms. The zero-order chi connectivity index (χ0) is 19.1. The molecule has 0 spiro atoms. The van der Waals surface area contributed by atoms with Crippen LogP contribution in [0.5, 0.6) is 0 Å². The third kappa shape index (κ3) is 5.81. The zero-order valence-electron chi connectivity index (χ0n) is 15.8. The fourth-order valence-corrected chi connectivity index (χ4v) is 4.09. The molecule has 0 aromatic heterocycles. The van der Waals surface area contributed by atoms with E-state index in [1.54, 1.807) is 6.07 Å². The summed E-state index contributed by atoms with van der Waals surface area (Å²) in [5.41, 5.74) is 3.10. The Morgan fingerprint density at radius 3 is 2.33 bits per heavy atom. The molecule has 1 fully saturated rings. The summed E-state index contributed by atoms with van der Waals surface area (Å²) < 4.78 is 14.0. The summed E-state index contributed by atoms with van der Waals surface area (Å²) in [5, 5.41) is 0. The summed E-state index contributed by atoms with van der Waals surface area (Å²) in [6.45, 7) is 2.10. The molecule has 0 nitrogen and oxygen atoms in total. The molecule has 2 aromatic rings. The summed E-state index contributed by atoms with van der Waals surface area (Å²) >= 11 is 3.16. The van der Waals surface area contributed by atoms with Crippen molar-refractivity contribution >= 4 is 15.9 Å². The van der Waals surface area contributed by atoms with E-state index in [0.717, 1.165) is 11.5 Å². The van der Waals surface area contributed by atoms with Gasteiger partial charge < -0.3 is 0 Å². The lowest BCUT2D eigenvalue weighted by Crippen LogP contribution is -2.13. The van der Waals surface area contributed by atoms with Crippen LogP contribution in [-0.2, 0) is 0 Å². The predicted octanol–water partition coefficient (Wildman–Crippen LogP) is 7.62. The SMILES string of the molecule is C/C=C/CCC1CCC(c2ccc(C#Cc3ccc(Br)c(F)c3)cc2)CC1. The molecule has 0 amide bonds. The largest absolute Gasteiger partial charge is 0.206 e. The van der Waals surface area contributed by atoms with E-state index >= 15 is 0 Å². The van der Waals surface area contributed by atoms with Gasteiger partial charge in [-0.25, -0.2) is 4.39 Å². The molecule has 0 atom stereocenters. The molecule has 0 radical (unpaired) electrons. The number of rotatable bonds is 4. The van der Waals surface area contributed by atoms with E-state index < -0.39 is 0 Å². The Morgan fingerprint density at radius 1 is 1.00 bits per heavy atom. The van der Waals surface area contributed by atoms with Gasteiger partial charge >= 0.3 is 0 Å². The first-order chi connectivity index (χ1) is 13.2. The minimum atomic E-state index is -0.279. The van der Waals surface area contributed by atoms with Gasteiger partial charge in [-0.1, -0.05) is 36.1 Å². The minimum absolute atomic E-state index is 0.279. The van der Waals surface area contributed by atoms with Gasteiger partial charge in [-0.15, -0.1) is 0 Å². The highest BCUT2D eigenvalue weighted by Crippen LogP contribution is 2.37. The van der Waals surface area contributed by atoms with Crippen LogP contribution in [0.4, 0.5) is 4.39 Å². The van der Waals surface area contributed by atoms with E-state index in [0.29, 0.717) is 16.0 Å². The molecule has 0 heterocycles. The zero-order valence-corrected chi connectivity index (χ0v) is 17.4. The minimum Gasteiger partial charge on any atom is -0.206 e. The van der Waals surface area contributed by atoms with Crippen LogP contribution in [-0.4, -0.2) is 0 Å². The maximum atomic E-state index is 13.6. The average molecular weight is 425 g/mol. The van der Waals surface area contributed by atoms with E-state index in [1.165, 1.54) is 50.2 Å². The predicted molar refractivity (Wildman–Crippen MR) is 115 cm³/mol. The van der Waals surface area contributed by atoms with Crippen LogP contribution in [0.1, 0.15) is 68.1 Å². The maximum absolute atomic E-state index is 13.6. The van der Waals surface area contributed by atoms with Crippen LogP contribution in [0.3, 0.4) is 0 Å². The lowest BCUT2D eigenvalue weighted by atomic mass is 9.77. The maximum Gasteiger partial charge on any atom is 0.138 e. The van der Waals surface area contributed by atoms with Crippen LogP contribution in [0, 0.1) is 23.6 Å². The number of hydrogen-bond donors (Lipinski definition) is 0. The molecule has 140 valence electrons. The van der Waals surface area contributed by atoms with Gasteiger partial charge in [0.1, 0.15) is 5.82 Å². The van der Waals surface area contributed by atoms with Crippen molar-refractivity contribution in [1.29, 1.82) is 0 Å². The van der Waals surface area contributed by atoms with Crippen molar-refractivity contribution in [3.05, 3.63) is 81.6 Å². The summed E-state index contributed by atoms with van der Waals surface area (Å²) in [6.07, 6.45) is 12.3. The second-order valence-corrected chi connectivity index (χ2v) is 8.22. The molecule has 0 unspecified atom stereocenters. The molecular weight excluding hydrogens is 399 g/mol. The van der Waals surface area contributed by atoms with Crippen molar-refractivity contribution in [2.45, 2.75) is 51.4 Å². The van der Waals surface area contributed by atoms with Crippen LogP contribution >= 0.6 is 15.9 Å². The standard InChI is InChI=1S/C25H26BrF/c1-2-3-4-5-19-8-13-22(14-9-19)23-15-10-20(11-16-23)6-7-21-12-17-24(26)25(27)18-21/h2-3,10-12,15-19,22H,4-5,8-9,13-14H2,1H3/b3-2+. The number of halogens is 2. The lowest BCUT2D eigenvalue weighted by molar-refractivity contribution is 0.312. The highest BCUT2D eigenvalue weighted by Gasteiger charge is 2.21. The fraction of sp³-hybridized carbons (Fsp3) is 0.360. The monoisotopic (exact) mass is 424 g/mol. The molecule has 2 heteroatoms. The van der Waals surface area contributed by atoms with E-state index in [9.17, 15) is 4.39 Å². The van der Waals surface area contributed by atoms with Crippen LogP contribution < -0.4 is 0 Å². The first kappa shape index (κ1) is 19.9. The number of hydrogen-bond acceptors (Lipinski definition) is 0. The number of allylic oxidation sites excluding steroid dienone is 2. The fourth-order valence-electron chi connectivity index (χ4n) is 3.84. The molecule has 1 aliphatic rings. The molecule has 0 bridgehead atoms. The van der Waals surface area contributed by atoms with E-state index in [2.05, 4.69) is 71.1 Å². The Hall–Kier alpha value is -1.85. The third-order valence-electron chi connectivity index (χ3n) is 5.48. The Labute approximate surface area is 171 Å². The molecule has 0 N–H and O–H groups in total. The van der Waals surface area contributed by atoms with Gasteiger partial charge in [0.25, 0.3) is 0 Å². The van der Waals surface area contributed by atoms with Crippen LogP contribution in [0.25, 0.3) is 0 Å². The molecule has 1 aliphatic carbocycles. The summed E-state index contributed by atoms with van der Waals surface area (Å²) in [4.78, 5) is 0. The first-order valence-corrected chi connectivity index (χ1v) is 10.6. The Balaban J connectivity index is 1.57. The Bertz CT molecular complexity index is 831. The van der Waals surface area contributed by atoms with Gasteiger partial charge in [0.05, 0.1) is 4.47 Å². The quantitative estimate of drug-likeness (QED) is 0.349. The lowest BCUT2D eigenvalue weighted by Gasteiger charge is -2.28. The molecule has 0 aliphatic heterocycles. The molecule has 2 aromatic carbocycles. The van der Waals surface area contributed by atoms with Crippen molar-refractivity contribution in [1.82, 2.24) is 0 Å². The van der Waals surface area contributed by atoms with Crippen molar-refractivity contribution in [3.8, 4) is 11.8 Å². The van der Waals surface area contributed by atoms with Gasteiger partial charge in [0, 0.05) is 11.1 Å². The van der Waals surface area contributed by atoms with Gasteiger partial charge in [0.2, 0.25) is 0 Å². The van der Waals surface area contributed by atoms with Crippen LogP contribution in [0.15, 0.2) is 59.1 Å². The van der Waals surface area contributed by atoms with Crippen LogP contribution in [0.2, 0.25) is 0 Å². The van der Waals surface area contributed by atoms with Crippen molar-refractivity contribution in [3.63, 3.8) is 0 Å². The average Bonchev–Trinajstić information content (AvgIpc) is 2.70. The molecule has 0 saturated heterocycles. The van der Waals surface area contributed by atoms with Gasteiger partial charge in [-0.05, 0) is 109 Å². The van der Waals surface area contributed by atoms with Crippen molar-refractivity contribution in [2.24, 2.45) is 5.92 Å². The first-order valence-electron chi connectivity index (χ1n) is 9.84. The van der Waals surface area contributed by atoms with E-state index in [-0.39, 0.29) is 5.82 Å². The van der Waals surface area contributed by atoms with Gasteiger partial charge in [0.15, 0.2) is 0 Å². The topological polar surface area (TPSA) is 0 Å². The van der Waals surface area contributed by atoms with Gasteiger partial charge in [-0.3, -0.25) is 0 Å². The molecule has 3 rings (SSSR count). The summed E-state index contributed by atoms with van der Waals surface area (Å²) in [5.74, 6) is 7.48. The summed E-state index contributed by atoms with van der Waals surface area (Å²) in [7, 11) is 0. The van der Waals surface area contributed by atoms with Gasteiger partial charge in [-0.2, -0.15) is 0 Å². The Morgan fingerprint density at radius 2 is 1.67 bits per heavy atom. The number of benzene rings is 2. The molecule has 1 saturated carbocycles. The van der Waals surface area contributed by atoms with Crippen molar-refractivity contribution in [2.75, 3.05) is 0 Å².